The van der Waals surface area contributed by atoms with Crippen LogP contribution in [0.25, 0.3) is 0 Å². The third-order valence-corrected chi connectivity index (χ3v) is 3.99. The van der Waals surface area contributed by atoms with Crippen molar-refractivity contribution >= 4 is 17.5 Å². The molecule has 1 fully saturated rings. The molecule has 24 heavy (non-hydrogen) atoms. The van der Waals surface area contributed by atoms with Crippen molar-refractivity contribution in [2.75, 3.05) is 25.0 Å². The molecule has 1 aliphatic rings. The Labute approximate surface area is 144 Å². The Bertz CT molecular complexity index is 553. The highest BCUT2D eigenvalue weighted by Gasteiger charge is 2.16. The van der Waals surface area contributed by atoms with Crippen LogP contribution in [0.5, 0.6) is 0 Å². The Morgan fingerprint density at radius 1 is 1.00 bits per heavy atom. The largest absolute Gasteiger partial charge is 0.347 e. The lowest BCUT2D eigenvalue weighted by Crippen LogP contribution is -2.40. The molecule has 2 amide bonds. The van der Waals surface area contributed by atoms with Gasteiger partial charge in [-0.2, -0.15) is 0 Å². The lowest BCUT2D eigenvalue weighted by Gasteiger charge is -2.20. The van der Waals surface area contributed by atoms with E-state index in [1.165, 1.54) is 25.7 Å². The zero-order chi connectivity index (χ0) is 17.6. The molecular formula is C19H29N3O2. The first-order valence-corrected chi connectivity index (χ1v) is 8.78. The fourth-order valence-electron chi connectivity index (χ4n) is 2.82. The minimum absolute atomic E-state index is 0.00351. The number of hydrogen-bond acceptors (Lipinski definition) is 3. The second-order valence-corrected chi connectivity index (χ2v) is 7.52. The molecule has 2 rings (SSSR count). The van der Waals surface area contributed by atoms with E-state index in [4.69, 9.17) is 0 Å². The average molecular weight is 331 g/mol. The molecule has 0 aromatic heterocycles. The molecule has 0 spiro atoms. The van der Waals surface area contributed by atoms with Gasteiger partial charge in [0.05, 0.1) is 6.54 Å². The molecule has 0 aliphatic carbocycles. The van der Waals surface area contributed by atoms with Crippen molar-refractivity contribution in [3.63, 3.8) is 0 Å². The van der Waals surface area contributed by atoms with E-state index in [1.807, 2.05) is 20.8 Å². The van der Waals surface area contributed by atoms with Crippen LogP contribution in [0.15, 0.2) is 24.3 Å². The standard InChI is InChI=1S/C19H29N3O2/c1-19(2,3)21-18(24)15-8-10-16(11-9-15)20-17(23)14-22-12-6-4-5-7-13-22/h8-11H,4-7,12-14H2,1-3H3,(H,20,23)(H,21,24). The molecule has 0 bridgehead atoms. The normalized spacial score (nSPS) is 16.3. The van der Waals surface area contributed by atoms with E-state index in [-0.39, 0.29) is 17.4 Å². The fourth-order valence-corrected chi connectivity index (χ4v) is 2.82. The summed E-state index contributed by atoms with van der Waals surface area (Å²) in [6, 6.07) is 7.03. The maximum atomic E-state index is 12.2. The quantitative estimate of drug-likeness (QED) is 0.891. The molecule has 0 radical (unpaired) electrons. The summed E-state index contributed by atoms with van der Waals surface area (Å²) in [4.78, 5) is 26.5. The summed E-state index contributed by atoms with van der Waals surface area (Å²) in [5.41, 5.74) is 1.05. The van der Waals surface area contributed by atoms with Crippen molar-refractivity contribution in [3.8, 4) is 0 Å². The maximum Gasteiger partial charge on any atom is 0.251 e. The summed E-state index contributed by atoms with van der Waals surface area (Å²) in [5.74, 6) is -0.103. The zero-order valence-electron chi connectivity index (χ0n) is 15.0. The number of likely N-dealkylation sites (tertiary alicyclic amines) is 1. The average Bonchev–Trinajstić information content (AvgIpc) is 2.74. The number of carbonyl (C=O) groups is 2. The summed E-state index contributed by atoms with van der Waals surface area (Å²) in [6.07, 6.45) is 4.86. The van der Waals surface area contributed by atoms with Crippen molar-refractivity contribution in [1.29, 1.82) is 0 Å². The second kappa shape index (κ2) is 8.29. The molecule has 1 saturated heterocycles. The Morgan fingerprint density at radius 3 is 2.12 bits per heavy atom. The first kappa shape index (κ1) is 18.5. The van der Waals surface area contributed by atoms with E-state index in [9.17, 15) is 9.59 Å². The van der Waals surface area contributed by atoms with E-state index in [0.717, 1.165) is 18.8 Å². The predicted octanol–water partition coefficient (Wildman–Crippen LogP) is 3.03. The predicted molar refractivity (Wildman–Crippen MR) is 97.2 cm³/mol. The number of carbonyl (C=O) groups excluding carboxylic acids is 2. The molecule has 132 valence electrons. The Morgan fingerprint density at radius 2 is 1.58 bits per heavy atom. The van der Waals surface area contributed by atoms with Gasteiger partial charge in [-0.25, -0.2) is 0 Å². The number of amides is 2. The van der Waals surface area contributed by atoms with Gasteiger partial charge in [0.15, 0.2) is 0 Å². The topological polar surface area (TPSA) is 61.4 Å². The van der Waals surface area contributed by atoms with E-state index in [2.05, 4.69) is 15.5 Å². The zero-order valence-corrected chi connectivity index (χ0v) is 15.0. The highest BCUT2D eigenvalue weighted by molar-refractivity contribution is 5.96. The summed E-state index contributed by atoms with van der Waals surface area (Å²) in [6.45, 7) is 8.28. The SMILES string of the molecule is CC(C)(C)NC(=O)c1ccc(NC(=O)CN2CCCCCC2)cc1. The molecule has 0 unspecified atom stereocenters. The Balaban J connectivity index is 1.86. The third kappa shape index (κ3) is 6.32. The van der Waals surface area contributed by atoms with Crippen molar-refractivity contribution in [2.45, 2.75) is 52.0 Å². The van der Waals surface area contributed by atoms with Crippen LogP contribution in [0.2, 0.25) is 0 Å². The van der Waals surface area contributed by atoms with Crippen LogP contribution in [0.1, 0.15) is 56.8 Å². The van der Waals surface area contributed by atoms with E-state index < -0.39 is 0 Å². The molecule has 1 aliphatic heterocycles. The second-order valence-electron chi connectivity index (χ2n) is 7.52. The molecule has 1 heterocycles. The summed E-state index contributed by atoms with van der Waals surface area (Å²) in [7, 11) is 0. The summed E-state index contributed by atoms with van der Waals surface area (Å²) < 4.78 is 0. The molecule has 1 aromatic rings. The summed E-state index contributed by atoms with van der Waals surface area (Å²) in [5, 5.41) is 5.83. The number of hydrogen-bond donors (Lipinski definition) is 2. The number of anilines is 1. The van der Waals surface area contributed by atoms with Gasteiger partial charge in [0, 0.05) is 16.8 Å². The van der Waals surface area contributed by atoms with Crippen LogP contribution in [0.3, 0.4) is 0 Å². The first-order chi connectivity index (χ1) is 11.3. The summed E-state index contributed by atoms with van der Waals surface area (Å²) >= 11 is 0. The molecule has 0 atom stereocenters. The first-order valence-electron chi connectivity index (χ1n) is 8.78. The van der Waals surface area contributed by atoms with Gasteiger partial charge in [-0.05, 0) is 71.0 Å². The lowest BCUT2D eigenvalue weighted by molar-refractivity contribution is -0.117. The van der Waals surface area contributed by atoms with Crippen molar-refractivity contribution in [3.05, 3.63) is 29.8 Å². The van der Waals surface area contributed by atoms with Crippen LogP contribution in [-0.4, -0.2) is 41.9 Å². The molecule has 0 saturated carbocycles. The van der Waals surface area contributed by atoms with Gasteiger partial charge in [0.1, 0.15) is 0 Å². The third-order valence-electron chi connectivity index (χ3n) is 3.99. The minimum atomic E-state index is -0.267. The molecule has 5 nitrogen and oxygen atoms in total. The van der Waals surface area contributed by atoms with Crippen molar-refractivity contribution in [1.82, 2.24) is 10.2 Å². The van der Waals surface area contributed by atoms with Crippen LogP contribution in [-0.2, 0) is 4.79 Å². The maximum absolute atomic E-state index is 12.2. The van der Waals surface area contributed by atoms with Crippen molar-refractivity contribution in [2.24, 2.45) is 0 Å². The monoisotopic (exact) mass is 331 g/mol. The number of benzene rings is 1. The van der Waals surface area contributed by atoms with E-state index in [1.54, 1.807) is 24.3 Å². The highest BCUT2D eigenvalue weighted by atomic mass is 16.2. The molecule has 1 aromatic carbocycles. The van der Waals surface area contributed by atoms with Crippen LogP contribution in [0, 0.1) is 0 Å². The smallest absolute Gasteiger partial charge is 0.251 e. The fraction of sp³-hybridized carbons (Fsp3) is 0.579. The van der Waals surface area contributed by atoms with Gasteiger partial charge in [-0.3, -0.25) is 14.5 Å². The number of nitrogens with zero attached hydrogens (tertiary/aromatic N) is 1. The van der Waals surface area contributed by atoms with Gasteiger partial charge in [-0.1, -0.05) is 12.8 Å². The van der Waals surface area contributed by atoms with Gasteiger partial charge in [0.2, 0.25) is 5.91 Å². The van der Waals surface area contributed by atoms with E-state index in [0.29, 0.717) is 12.1 Å². The number of rotatable bonds is 4. The Hall–Kier alpha value is -1.88. The Kier molecular flexibility index (Phi) is 6.37. The van der Waals surface area contributed by atoms with Crippen LogP contribution >= 0.6 is 0 Å². The molecule has 2 N–H and O–H groups in total. The van der Waals surface area contributed by atoms with Gasteiger partial charge < -0.3 is 10.6 Å². The highest BCUT2D eigenvalue weighted by Crippen LogP contribution is 2.12. The van der Waals surface area contributed by atoms with Gasteiger partial charge >= 0.3 is 0 Å². The molecular weight excluding hydrogens is 302 g/mol. The minimum Gasteiger partial charge on any atom is -0.347 e. The van der Waals surface area contributed by atoms with E-state index >= 15 is 0 Å². The molecule has 5 heteroatoms. The van der Waals surface area contributed by atoms with Gasteiger partial charge in [-0.15, -0.1) is 0 Å². The van der Waals surface area contributed by atoms with Crippen molar-refractivity contribution < 1.29 is 9.59 Å². The van der Waals surface area contributed by atoms with Gasteiger partial charge in [0.25, 0.3) is 5.91 Å². The lowest BCUT2D eigenvalue weighted by atomic mass is 10.1. The number of nitrogens with one attached hydrogen (secondary N) is 2. The van der Waals surface area contributed by atoms with Crippen LogP contribution in [0.4, 0.5) is 5.69 Å². The van der Waals surface area contributed by atoms with Crippen LogP contribution < -0.4 is 10.6 Å².